The van der Waals surface area contributed by atoms with Crippen molar-refractivity contribution >= 4 is 12.4 Å². The summed E-state index contributed by atoms with van der Waals surface area (Å²) < 4.78 is 5.20. The normalized spacial score (nSPS) is 12.9. The van der Waals surface area contributed by atoms with Crippen molar-refractivity contribution in [3.8, 4) is 0 Å². The highest BCUT2D eigenvalue weighted by molar-refractivity contribution is 5.85. The van der Waals surface area contributed by atoms with E-state index in [2.05, 4.69) is 41.1 Å². The van der Waals surface area contributed by atoms with Crippen LogP contribution >= 0.6 is 12.4 Å². The minimum atomic E-state index is 0. The largest absolute Gasteiger partial charge is 0.338 e. The van der Waals surface area contributed by atoms with Crippen molar-refractivity contribution in [3.05, 3.63) is 11.7 Å². The van der Waals surface area contributed by atoms with Crippen molar-refractivity contribution in [1.82, 2.24) is 20.4 Å². The second-order valence-electron chi connectivity index (χ2n) is 4.51. The fourth-order valence-corrected chi connectivity index (χ4v) is 1.21. The highest BCUT2D eigenvalue weighted by atomic mass is 35.5. The van der Waals surface area contributed by atoms with Crippen LogP contribution in [0.3, 0.4) is 0 Å². The van der Waals surface area contributed by atoms with Crippen molar-refractivity contribution in [3.63, 3.8) is 0 Å². The first-order chi connectivity index (χ1) is 7.52. The van der Waals surface area contributed by atoms with Crippen LogP contribution in [0.4, 0.5) is 0 Å². The molecule has 1 rings (SSSR count). The number of nitrogens with one attached hydrogen (secondary N) is 1. The van der Waals surface area contributed by atoms with Crippen molar-refractivity contribution in [2.75, 3.05) is 14.1 Å². The van der Waals surface area contributed by atoms with Crippen LogP contribution in [-0.4, -0.2) is 41.2 Å². The zero-order valence-corrected chi connectivity index (χ0v) is 12.0. The van der Waals surface area contributed by atoms with E-state index in [9.17, 15) is 0 Å². The van der Waals surface area contributed by atoms with Crippen molar-refractivity contribution < 1.29 is 4.52 Å². The van der Waals surface area contributed by atoms with E-state index in [1.54, 1.807) is 0 Å². The quantitative estimate of drug-likeness (QED) is 0.842. The molecule has 0 aromatic carbocycles. The molecule has 1 atom stereocenters. The molecule has 0 aliphatic rings. The summed E-state index contributed by atoms with van der Waals surface area (Å²) in [6.07, 6.45) is 0.797. The van der Waals surface area contributed by atoms with Gasteiger partial charge in [0.25, 0.3) is 0 Å². The maximum Gasteiger partial charge on any atom is 0.240 e. The van der Waals surface area contributed by atoms with Gasteiger partial charge >= 0.3 is 0 Å². The molecule has 1 aromatic heterocycles. The van der Waals surface area contributed by atoms with Crippen LogP contribution in [0.2, 0.25) is 0 Å². The zero-order valence-electron chi connectivity index (χ0n) is 11.2. The summed E-state index contributed by atoms with van der Waals surface area (Å²) in [6.45, 7) is 7.08. The maximum atomic E-state index is 5.20. The first-order valence-electron chi connectivity index (χ1n) is 5.72. The van der Waals surface area contributed by atoms with Gasteiger partial charge in [0.15, 0.2) is 5.82 Å². The molecule has 0 bridgehead atoms. The molecule has 6 heteroatoms. The number of aromatic nitrogens is 2. The van der Waals surface area contributed by atoms with Gasteiger partial charge in [0.2, 0.25) is 5.89 Å². The first kappa shape index (κ1) is 16.4. The van der Waals surface area contributed by atoms with E-state index >= 15 is 0 Å². The van der Waals surface area contributed by atoms with Gasteiger partial charge in [-0.2, -0.15) is 4.98 Å². The average molecular weight is 263 g/mol. The Hall–Kier alpha value is -0.650. The number of hydrogen-bond acceptors (Lipinski definition) is 5. The van der Waals surface area contributed by atoms with Gasteiger partial charge in [0, 0.05) is 18.5 Å². The summed E-state index contributed by atoms with van der Waals surface area (Å²) in [4.78, 5) is 6.53. The van der Waals surface area contributed by atoms with E-state index in [4.69, 9.17) is 4.52 Å². The van der Waals surface area contributed by atoms with E-state index in [1.165, 1.54) is 0 Å². The smallest absolute Gasteiger partial charge is 0.240 e. The third-order valence-electron chi connectivity index (χ3n) is 2.76. The van der Waals surface area contributed by atoms with E-state index in [-0.39, 0.29) is 12.4 Å². The van der Waals surface area contributed by atoms with Crippen LogP contribution < -0.4 is 5.32 Å². The van der Waals surface area contributed by atoms with E-state index < -0.39 is 0 Å². The molecule has 17 heavy (non-hydrogen) atoms. The van der Waals surface area contributed by atoms with Crippen LogP contribution in [0.15, 0.2) is 4.52 Å². The van der Waals surface area contributed by atoms with Crippen LogP contribution in [0.5, 0.6) is 0 Å². The first-order valence-corrected chi connectivity index (χ1v) is 5.72. The summed E-state index contributed by atoms with van der Waals surface area (Å²) in [5.74, 6) is 1.46. The molecule has 100 valence electrons. The Kier molecular flexibility index (Phi) is 7.34. The highest BCUT2D eigenvalue weighted by Crippen LogP contribution is 2.05. The molecular formula is C11H23ClN4O. The Balaban J connectivity index is 0.00000256. The van der Waals surface area contributed by atoms with Crippen LogP contribution in [0.1, 0.15) is 32.5 Å². The number of hydrogen-bond donors (Lipinski definition) is 1. The SMILES string of the molecule is CNC(C)Cc1noc(CN(C)C(C)C)n1.Cl. The van der Waals surface area contributed by atoms with Gasteiger partial charge in [-0.3, -0.25) is 4.90 Å². The fourth-order valence-electron chi connectivity index (χ4n) is 1.21. The van der Waals surface area contributed by atoms with E-state index in [0.717, 1.165) is 12.2 Å². The molecule has 1 unspecified atom stereocenters. The van der Waals surface area contributed by atoms with Crippen molar-refractivity contribution in [2.24, 2.45) is 0 Å². The zero-order chi connectivity index (χ0) is 12.1. The third-order valence-corrected chi connectivity index (χ3v) is 2.76. The van der Waals surface area contributed by atoms with Gasteiger partial charge in [-0.05, 0) is 34.9 Å². The molecule has 0 aliphatic carbocycles. The molecular weight excluding hydrogens is 240 g/mol. The number of nitrogens with zero attached hydrogens (tertiary/aromatic N) is 3. The minimum Gasteiger partial charge on any atom is -0.338 e. The topological polar surface area (TPSA) is 54.2 Å². The Morgan fingerprint density at radius 2 is 2.00 bits per heavy atom. The highest BCUT2D eigenvalue weighted by Gasteiger charge is 2.12. The third kappa shape index (κ3) is 5.48. The lowest BCUT2D eigenvalue weighted by molar-refractivity contribution is 0.226. The lowest BCUT2D eigenvalue weighted by atomic mass is 10.2. The number of rotatable bonds is 6. The van der Waals surface area contributed by atoms with Gasteiger partial charge < -0.3 is 9.84 Å². The second-order valence-corrected chi connectivity index (χ2v) is 4.51. The molecule has 0 radical (unpaired) electrons. The van der Waals surface area contributed by atoms with Gasteiger partial charge in [0.1, 0.15) is 0 Å². The second kappa shape index (κ2) is 7.63. The Morgan fingerprint density at radius 3 is 2.53 bits per heavy atom. The van der Waals surface area contributed by atoms with Crippen molar-refractivity contribution in [1.29, 1.82) is 0 Å². The molecule has 0 fully saturated rings. The Bertz CT molecular complexity index is 316. The van der Waals surface area contributed by atoms with E-state index in [1.807, 2.05) is 14.1 Å². The standard InChI is InChI=1S/C11H22N4O.ClH/c1-8(2)15(5)7-11-13-10(14-16-11)6-9(3)12-4;/h8-9,12H,6-7H2,1-5H3;1H. The summed E-state index contributed by atoms with van der Waals surface area (Å²) in [6, 6.07) is 0.847. The summed E-state index contributed by atoms with van der Waals surface area (Å²) in [5.41, 5.74) is 0. The number of likely N-dealkylation sites (N-methyl/N-ethyl adjacent to an activating group) is 1. The summed E-state index contributed by atoms with van der Waals surface area (Å²) in [5, 5.41) is 7.11. The molecule has 0 aliphatic heterocycles. The van der Waals surface area contributed by atoms with Crippen molar-refractivity contribution in [2.45, 2.75) is 45.8 Å². The molecule has 1 N–H and O–H groups in total. The van der Waals surface area contributed by atoms with Crippen LogP contribution in [0.25, 0.3) is 0 Å². The number of halogens is 1. The van der Waals surface area contributed by atoms with Gasteiger partial charge in [-0.25, -0.2) is 0 Å². The van der Waals surface area contributed by atoms with Gasteiger partial charge in [-0.15, -0.1) is 12.4 Å². The molecule has 5 nitrogen and oxygen atoms in total. The Morgan fingerprint density at radius 1 is 1.35 bits per heavy atom. The summed E-state index contributed by atoms with van der Waals surface area (Å²) >= 11 is 0. The van der Waals surface area contributed by atoms with Crippen LogP contribution in [-0.2, 0) is 13.0 Å². The molecule has 1 aromatic rings. The van der Waals surface area contributed by atoms with Gasteiger partial charge in [-0.1, -0.05) is 5.16 Å². The maximum absolute atomic E-state index is 5.20. The summed E-state index contributed by atoms with van der Waals surface area (Å²) in [7, 11) is 3.98. The molecule has 0 saturated heterocycles. The predicted octanol–water partition coefficient (Wildman–Crippen LogP) is 1.48. The van der Waals surface area contributed by atoms with Gasteiger partial charge in [0.05, 0.1) is 6.54 Å². The van der Waals surface area contributed by atoms with E-state index in [0.29, 0.717) is 24.5 Å². The lowest BCUT2D eigenvalue weighted by Gasteiger charge is -2.18. The molecule has 0 saturated carbocycles. The molecule has 0 spiro atoms. The van der Waals surface area contributed by atoms with Crippen LogP contribution in [0, 0.1) is 0 Å². The lowest BCUT2D eigenvalue weighted by Crippen LogP contribution is -2.26. The predicted molar refractivity (Wildman–Crippen MR) is 70.4 cm³/mol. The molecule has 0 amide bonds. The molecule has 1 heterocycles. The monoisotopic (exact) mass is 262 g/mol. The average Bonchev–Trinajstić information content (AvgIpc) is 2.65. The fraction of sp³-hybridized carbons (Fsp3) is 0.818. The minimum absolute atomic E-state index is 0. The Labute approximate surface area is 109 Å².